The van der Waals surface area contributed by atoms with Crippen LogP contribution in [0.4, 0.5) is 0 Å². The highest BCUT2D eigenvalue weighted by molar-refractivity contribution is 7.46. The third-order valence-electron chi connectivity index (χ3n) is 6.94. The van der Waals surface area contributed by atoms with Crippen LogP contribution < -0.4 is 0 Å². The number of phosphoric ester groups is 1. The minimum Gasteiger partial charge on any atom is -0.462 e. The van der Waals surface area contributed by atoms with E-state index < -0.39 is 32.5 Å². The van der Waals surface area contributed by atoms with E-state index in [1.807, 2.05) is 0 Å². The molecule has 246 valence electrons. The zero-order chi connectivity index (χ0) is 31.2. The number of phosphoric acid groups is 1. The van der Waals surface area contributed by atoms with Gasteiger partial charge in [0.15, 0.2) is 6.10 Å². The second-order valence-corrected chi connectivity index (χ2v) is 12.4. The molecule has 0 spiro atoms. The maximum atomic E-state index is 12.3. The van der Waals surface area contributed by atoms with Crippen LogP contribution in [0.1, 0.15) is 155 Å². The molecule has 0 unspecified atom stereocenters. The van der Waals surface area contributed by atoms with Gasteiger partial charge in [-0.2, -0.15) is 0 Å². The normalized spacial score (nSPS) is 12.8. The number of esters is 2. The Kier molecular flexibility index (Phi) is 28.6. The van der Waals surface area contributed by atoms with Crippen LogP contribution in [0.5, 0.6) is 0 Å². The number of unbranched alkanes of at least 4 members (excludes halogenated alkanes) is 16. The topological polar surface area (TPSA) is 119 Å². The molecule has 1 atom stereocenters. The van der Waals surface area contributed by atoms with Gasteiger partial charge in [0.2, 0.25) is 0 Å². The van der Waals surface area contributed by atoms with Gasteiger partial charge in [0, 0.05) is 12.8 Å². The maximum Gasteiger partial charge on any atom is 0.469 e. The summed E-state index contributed by atoms with van der Waals surface area (Å²) in [6, 6.07) is 0. The number of hydrogen-bond acceptors (Lipinski definition) is 6. The number of ether oxygens (including phenoxy) is 2. The molecule has 0 heterocycles. The monoisotopic (exact) mass is 616 g/mol. The molecule has 0 aliphatic carbocycles. The van der Waals surface area contributed by atoms with Gasteiger partial charge in [0.1, 0.15) is 6.61 Å². The van der Waals surface area contributed by atoms with Crippen LogP contribution in [-0.2, 0) is 28.2 Å². The fraction of sp³-hybridized carbons (Fsp3) is 0.818. The van der Waals surface area contributed by atoms with Gasteiger partial charge < -0.3 is 19.3 Å². The van der Waals surface area contributed by atoms with Crippen molar-refractivity contribution in [1.29, 1.82) is 0 Å². The van der Waals surface area contributed by atoms with Crippen molar-refractivity contribution in [3.63, 3.8) is 0 Å². The summed E-state index contributed by atoms with van der Waals surface area (Å²) in [7, 11) is -4.74. The summed E-state index contributed by atoms with van der Waals surface area (Å²) in [6.45, 7) is 3.59. The lowest BCUT2D eigenvalue weighted by atomic mass is 10.1. The van der Waals surface area contributed by atoms with Crippen LogP contribution >= 0.6 is 7.82 Å². The zero-order valence-corrected chi connectivity index (χ0v) is 27.5. The van der Waals surface area contributed by atoms with Gasteiger partial charge in [-0.1, -0.05) is 102 Å². The minimum atomic E-state index is -4.74. The summed E-state index contributed by atoms with van der Waals surface area (Å²) in [5.41, 5.74) is 0. The smallest absolute Gasteiger partial charge is 0.462 e. The molecule has 0 amide bonds. The summed E-state index contributed by atoms with van der Waals surface area (Å²) in [6.07, 6.45) is 30.4. The van der Waals surface area contributed by atoms with E-state index in [-0.39, 0.29) is 19.4 Å². The number of allylic oxidation sites excluding steroid dienone is 4. The van der Waals surface area contributed by atoms with Crippen molar-refractivity contribution >= 4 is 19.8 Å². The van der Waals surface area contributed by atoms with Crippen molar-refractivity contribution in [3.8, 4) is 0 Å². The lowest BCUT2D eigenvalue weighted by molar-refractivity contribution is -0.161. The van der Waals surface area contributed by atoms with Gasteiger partial charge >= 0.3 is 19.8 Å². The second-order valence-electron chi connectivity index (χ2n) is 11.1. The standard InChI is InChI=1S/C33H61O8P/c1-3-5-7-9-11-13-15-17-19-21-23-25-27-32(34)39-29-31(30-40-42(36,37)38)41-33(35)28-26-24-22-20-18-16-14-12-10-8-6-4-2/h11-14,31H,3-10,15-30H2,1-2H3,(H2,36,37,38)/b13-11+,14-12+/t31-/m1/s1. The summed E-state index contributed by atoms with van der Waals surface area (Å²) in [5, 5.41) is 0. The van der Waals surface area contributed by atoms with Crippen LogP contribution in [0.15, 0.2) is 24.3 Å². The number of carbonyl (C=O) groups excluding carboxylic acids is 2. The fourth-order valence-corrected chi connectivity index (χ4v) is 4.78. The Balaban J connectivity index is 4.05. The Morgan fingerprint density at radius 3 is 1.45 bits per heavy atom. The largest absolute Gasteiger partial charge is 0.469 e. The van der Waals surface area contributed by atoms with Crippen molar-refractivity contribution in [1.82, 2.24) is 0 Å². The highest BCUT2D eigenvalue weighted by Gasteiger charge is 2.22. The summed E-state index contributed by atoms with van der Waals surface area (Å²) in [4.78, 5) is 42.5. The van der Waals surface area contributed by atoms with Crippen LogP contribution in [0.3, 0.4) is 0 Å². The van der Waals surface area contributed by atoms with E-state index >= 15 is 0 Å². The molecule has 0 aliphatic heterocycles. The number of carbonyl (C=O) groups is 2. The molecular weight excluding hydrogens is 555 g/mol. The number of hydrogen-bond donors (Lipinski definition) is 2. The van der Waals surface area contributed by atoms with Crippen molar-refractivity contribution in [2.45, 2.75) is 161 Å². The highest BCUT2D eigenvalue weighted by atomic mass is 31.2. The van der Waals surface area contributed by atoms with E-state index in [1.165, 1.54) is 44.9 Å². The van der Waals surface area contributed by atoms with Crippen molar-refractivity contribution in [2.75, 3.05) is 13.2 Å². The third kappa shape index (κ3) is 31.5. The molecule has 8 nitrogen and oxygen atoms in total. The molecule has 0 aliphatic rings. The molecule has 9 heteroatoms. The first-order valence-corrected chi connectivity index (χ1v) is 18.2. The molecule has 0 aromatic heterocycles. The van der Waals surface area contributed by atoms with E-state index in [2.05, 4.69) is 42.7 Å². The Bertz CT molecular complexity index is 746. The predicted molar refractivity (Wildman–Crippen MR) is 170 cm³/mol. The van der Waals surface area contributed by atoms with E-state index in [9.17, 15) is 14.2 Å². The number of rotatable bonds is 30. The second kappa shape index (κ2) is 29.6. The van der Waals surface area contributed by atoms with E-state index in [4.69, 9.17) is 19.3 Å². The summed E-state index contributed by atoms with van der Waals surface area (Å²) in [5.74, 6) is -0.908. The molecule has 0 fully saturated rings. The quantitative estimate of drug-likeness (QED) is 0.0355. The van der Waals surface area contributed by atoms with Crippen molar-refractivity contribution < 1.29 is 37.9 Å². The molecule has 2 N–H and O–H groups in total. The molecule has 0 rings (SSSR count). The van der Waals surface area contributed by atoms with Crippen LogP contribution in [0, 0.1) is 0 Å². The van der Waals surface area contributed by atoms with Gasteiger partial charge in [-0.3, -0.25) is 14.1 Å². The summed E-state index contributed by atoms with van der Waals surface area (Å²) >= 11 is 0. The molecule has 0 saturated heterocycles. The Morgan fingerprint density at radius 1 is 0.595 bits per heavy atom. The summed E-state index contributed by atoms with van der Waals surface area (Å²) < 4.78 is 26.2. The van der Waals surface area contributed by atoms with Crippen molar-refractivity contribution in [2.24, 2.45) is 0 Å². The molecule has 0 aromatic carbocycles. The molecule has 0 radical (unpaired) electrons. The third-order valence-corrected chi connectivity index (χ3v) is 7.43. The first-order valence-electron chi connectivity index (χ1n) is 16.6. The van der Waals surface area contributed by atoms with E-state index in [0.717, 1.165) is 70.6 Å². The van der Waals surface area contributed by atoms with Gasteiger partial charge in [0.25, 0.3) is 0 Å². The molecular formula is C33H61O8P. The van der Waals surface area contributed by atoms with E-state index in [1.54, 1.807) is 0 Å². The van der Waals surface area contributed by atoms with Gasteiger partial charge in [0.05, 0.1) is 6.61 Å². The first kappa shape index (κ1) is 40.5. The zero-order valence-electron chi connectivity index (χ0n) is 26.6. The average Bonchev–Trinajstić information content (AvgIpc) is 2.95. The first-order chi connectivity index (χ1) is 20.3. The average molecular weight is 617 g/mol. The van der Waals surface area contributed by atoms with Crippen LogP contribution in [0.2, 0.25) is 0 Å². The Morgan fingerprint density at radius 2 is 1.00 bits per heavy atom. The molecule has 0 saturated carbocycles. The Labute approximate surface area is 256 Å². The Hall–Kier alpha value is -1.47. The van der Waals surface area contributed by atoms with Crippen molar-refractivity contribution in [3.05, 3.63) is 24.3 Å². The molecule has 0 aromatic rings. The molecule has 42 heavy (non-hydrogen) atoms. The predicted octanol–water partition coefficient (Wildman–Crippen LogP) is 9.29. The van der Waals surface area contributed by atoms with Crippen LogP contribution in [0.25, 0.3) is 0 Å². The highest BCUT2D eigenvalue weighted by Crippen LogP contribution is 2.35. The van der Waals surface area contributed by atoms with Gasteiger partial charge in [-0.15, -0.1) is 0 Å². The molecule has 0 bridgehead atoms. The van der Waals surface area contributed by atoms with Gasteiger partial charge in [-0.05, 0) is 64.2 Å². The SMILES string of the molecule is CCCCC/C=C/CCCCCCCC(=O)OC[C@H](COP(=O)(O)O)OC(=O)CCCCCCC/C=C/CCCCC. The van der Waals surface area contributed by atoms with Gasteiger partial charge in [-0.25, -0.2) is 4.57 Å². The van der Waals surface area contributed by atoms with Crippen LogP contribution in [-0.4, -0.2) is 41.0 Å². The lowest BCUT2D eigenvalue weighted by Gasteiger charge is -2.18. The maximum absolute atomic E-state index is 12.3. The fourth-order valence-electron chi connectivity index (χ4n) is 4.42. The van der Waals surface area contributed by atoms with E-state index in [0.29, 0.717) is 12.8 Å². The minimum absolute atomic E-state index is 0.201. The lowest BCUT2D eigenvalue weighted by Crippen LogP contribution is -2.29.